The summed E-state index contributed by atoms with van der Waals surface area (Å²) in [5.74, 6) is 0. The number of fused-ring (bicyclic) bond motifs is 3. The van der Waals surface area contributed by atoms with Gasteiger partial charge < -0.3 is 0 Å². The standard InChI is InChI=1S/C14H12N2/c1-9-11-7-8-15-10(2)14(11)12-5-3-4-6-13(12)16-9/h3-8H,1-2H3. The molecule has 3 rings (SSSR count). The minimum atomic E-state index is 1.05. The molecule has 0 radical (unpaired) electrons. The van der Waals surface area contributed by atoms with E-state index in [1.807, 2.05) is 44.3 Å². The summed E-state index contributed by atoms with van der Waals surface area (Å²) in [6.45, 7) is 4.10. The summed E-state index contributed by atoms with van der Waals surface area (Å²) in [4.78, 5) is 8.99. The van der Waals surface area contributed by atoms with E-state index in [2.05, 4.69) is 16.0 Å². The lowest BCUT2D eigenvalue weighted by molar-refractivity contribution is 1.22. The maximum atomic E-state index is 4.62. The zero-order valence-electron chi connectivity index (χ0n) is 9.36. The first-order valence-electron chi connectivity index (χ1n) is 5.38. The Morgan fingerprint density at radius 1 is 0.875 bits per heavy atom. The number of hydrogen-bond donors (Lipinski definition) is 0. The van der Waals surface area contributed by atoms with Crippen LogP contribution in [0.3, 0.4) is 0 Å². The van der Waals surface area contributed by atoms with Crippen molar-refractivity contribution in [2.45, 2.75) is 13.8 Å². The molecule has 2 aromatic heterocycles. The summed E-state index contributed by atoms with van der Waals surface area (Å²) in [7, 11) is 0. The van der Waals surface area contributed by atoms with E-state index in [0.717, 1.165) is 16.9 Å². The molecule has 2 heterocycles. The van der Waals surface area contributed by atoms with Crippen molar-refractivity contribution in [1.29, 1.82) is 0 Å². The van der Waals surface area contributed by atoms with Gasteiger partial charge in [0.05, 0.1) is 5.52 Å². The van der Waals surface area contributed by atoms with Crippen molar-refractivity contribution >= 4 is 21.7 Å². The first-order valence-corrected chi connectivity index (χ1v) is 5.38. The maximum Gasteiger partial charge on any atom is 0.0712 e. The summed E-state index contributed by atoms with van der Waals surface area (Å²) in [5, 5.41) is 3.62. The van der Waals surface area contributed by atoms with E-state index in [9.17, 15) is 0 Å². The van der Waals surface area contributed by atoms with Crippen molar-refractivity contribution in [3.05, 3.63) is 47.9 Å². The number of aromatic nitrogens is 2. The van der Waals surface area contributed by atoms with Gasteiger partial charge in [0, 0.05) is 33.7 Å². The molecule has 78 valence electrons. The second-order valence-electron chi connectivity index (χ2n) is 4.03. The molecule has 0 unspecified atom stereocenters. The number of pyridine rings is 2. The number of nitrogens with zero attached hydrogens (tertiary/aromatic N) is 2. The van der Waals surface area contributed by atoms with E-state index < -0.39 is 0 Å². The van der Waals surface area contributed by atoms with E-state index in [1.165, 1.54) is 16.2 Å². The molecule has 0 saturated heterocycles. The van der Waals surface area contributed by atoms with Gasteiger partial charge in [-0.3, -0.25) is 9.97 Å². The van der Waals surface area contributed by atoms with Crippen molar-refractivity contribution < 1.29 is 0 Å². The number of benzene rings is 1. The second kappa shape index (κ2) is 3.27. The quantitative estimate of drug-likeness (QED) is 0.529. The maximum absolute atomic E-state index is 4.62. The number of hydrogen-bond acceptors (Lipinski definition) is 2. The molecule has 0 amide bonds. The highest BCUT2D eigenvalue weighted by molar-refractivity contribution is 6.07. The van der Waals surface area contributed by atoms with Gasteiger partial charge in [0.15, 0.2) is 0 Å². The molecule has 0 atom stereocenters. The fourth-order valence-electron chi connectivity index (χ4n) is 2.23. The fraction of sp³-hybridized carbons (Fsp3) is 0.143. The molecule has 0 bridgehead atoms. The highest BCUT2D eigenvalue weighted by atomic mass is 14.7. The van der Waals surface area contributed by atoms with Crippen LogP contribution in [0.1, 0.15) is 11.4 Å². The molecule has 2 nitrogen and oxygen atoms in total. The average molecular weight is 208 g/mol. The second-order valence-corrected chi connectivity index (χ2v) is 4.03. The molecule has 0 aliphatic rings. The Balaban J connectivity index is 2.67. The Hall–Kier alpha value is -1.96. The van der Waals surface area contributed by atoms with E-state index in [1.54, 1.807) is 0 Å². The van der Waals surface area contributed by atoms with Crippen LogP contribution in [0.15, 0.2) is 36.5 Å². The summed E-state index contributed by atoms with van der Waals surface area (Å²) in [6.07, 6.45) is 1.85. The highest BCUT2D eigenvalue weighted by Crippen LogP contribution is 2.27. The molecule has 0 fully saturated rings. The monoisotopic (exact) mass is 208 g/mol. The third-order valence-corrected chi connectivity index (χ3v) is 2.99. The topological polar surface area (TPSA) is 25.8 Å². The van der Waals surface area contributed by atoms with Crippen LogP contribution in [0.2, 0.25) is 0 Å². The van der Waals surface area contributed by atoms with Crippen molar-refractivity contribution in [1.82, 2.24) is 9.97 Å². The lowest BCUT2D eigenvalue weighted by Crippen LogP contribution is -1.91. The Morgan fingerprint density at radius 2 is 1.69 bits per heavy atom. The van der Waals surface area contributed by atoms with Gasteiger partial charge in [-0.25, -0.2) is 0 Å². The first kappa shape index (κ1) is 9.28. The summed E-state index contributed by atoms with van der Waals surface area (Å²) in [6, 6.07) is 10.3. The zero-order chi connectivity index (χ0) is 11.1. The van der Waals surface area contributed by atoms with Crippen LogP contribution >= 0.6 is 0 Å². The molecule has 2 heteroatoms. The number of para-hydroxylation sites is 1. The van der Waals surface area contributed by atoms with Crippen LogP contribution in [0.25, 0.3) is 21.7 Å². The Labute approximate surface area is 94.0 Å². The molecular formula is C14H12N2. The van der Waals surface area contributed by atoms with Gasteiger partial charge in [0.2, 0.25) is 0 Å². The van der Waals surface area contributed by atoms with Gasteiger partial charge in [-0.05, 0) is 26.0 Å². The normalized spacial score (nSPS) is 11.1. The zero-order valence-corrected chi connectivity index (χ0v) is 9.36. The van der Waals surface area contributed by atoms with Crippen molar-refractivity contribution in [2.24, 2.45) is 0 Å². The Morgan fingerprint density at radius 3 is 2.56 bits per heavy atom. The first-order chi connectivity index (χ1) is 7.77. The van der Waals surface area contributed by atoms with Crippen LogP contribution in [0.4, 0.5) is 0 Å². The number of rotatable bonds is 0. The predicted molar refractivity (Wildman–Crippen MR) is 66.5 cm³/mol. The van der Waals surface area contributed by atoms with Gasteiger partial charge in [-0.15, -0.1) is 0 Å². The molecule has 1 aromatic carbocycles. The van der Waals surface area contributed by atoms with E-state index >= 15 is 0 Å². The van der Waals surface area contributed by atoms with E-state index in [0.29, 0.717) is 0 Å². The lowest BCUT2D eigenvalue weighted by atomic mass is 10.0. The van der Waals surface area contributed by atoms with Crippen molar-refractivity contribution in [3.8, 4) is 0 Å². The largest absolute Gasteiger partial charge is 0.261 e. The number of aryl methyl sites for hydroxylation is 2. The van der Waals surface area contributed by atoms with Crippen molar-refractivity contribution in [2.75, 3.05) is 0 Å². The van der Waals surface area contributed by atoms with Gasteiger partial charge >= 0.3 is 0 Å². The summed E-state index contributed by atoms with van der Waals surface area (Å²) in [5.41, 5.74) is 3.18. The predicted octanol–water partition coefficient (Wildman–Crippen LogP) is 3.40. The molecule has 16 heavy (non-hydrogen) atoms. The lowest BCUT2D eigenvalue weighted by Gasteiger charge is -2.07. The third-order valence-electron chi connectivity index (χ3n) is 2.99. The van der Waals surface area contributed by atoms with Gasteiger partial charge in [0.25, 0.3) is 0 Å². The van der Waals surface area contributed by atoms with Crippen LogP contribution in [-0.4, -0.2) is 9.97 Å². The molecular weight excluding hydrogens is 196 g/mol. The molecule has 0 spiro atoms. The third kappa shape index (κ3) is 1.20. The summed E-state index contributed by atoms with van der Waals surface area (Å²) < 4.78 is 0. The smallest absolute Gasteiger partial charge is 0.0712 e. The van der Waals surface area contributed by atoms with E-state index in [4.69, 9.17) is 0 Å². The fourth-order valence-corrected chi connectivity index (χ4v) is 2.23. The molecule has 0 saturated carbocycles. The Kier molecular flexibility index (Phi) is 1.90. The summed E-state index contributed by atoms with van der Waals surface area (Å²) >= 11 is 0. The Bertz CT molecular complexity index is 687. The minimum absolute atomic E-state index is 1.05. The van der Waals surface area contributed by atoms with Crippen molar-refractivity contribution in [3.63, 3.8) is 0 Å². The van der Waals surface area contributed by atoms with Crippen LogP contribution < -0.4 is 0 Å². The molecule has 0 aliphatic heterocycles. The van der Waals surface area contributed by atoms with Crippen LogP contribution in [0, 0.1) is 13.8 Å². The van der Waals surface area contributed by atoms with E-state index in [-0.39, 0.29) is 0 Å². The van der Waals surface area contributed by atoms with Crippen LogP contribution in [0.5, 0.6) is 0 Å². The average Bonchev–Trinajstić information content (AvgIpc) is 2.30. The highest BCUT2D eigenvalue weighted by Gasteiger charge is 2.07. The SMILES string of the molecule is Cc1nc2ccccc2c2c(C)nccc12. The van der Waals surface area contributed by atoms with Gasteiger partial charge in [-0.2, -0.15) is 0 Å². The van der Waals surface area contributed by atoms with Crippen LogP contribution in [-0.2, 0) is 0 Å². The molecule has 0 N–H and O–H groups in total. The van der Waals surface area contributed by atoms with Gasteiger partial charge in [-0.1, -0.05) is 18.2 Å². The minimum Gasteiger partial charge on any atom is -0.261 e. The molecule has 3 aromatic rings. The van der Waals surface area contributed by atoms with Gasteiger partial charge in [0.1, 0.15) is 0 Å². The molecule has 0 aliphatic carbocycles.